The van der Waals surface area contributed by atoms with Crippen molar-refractivity contribution >= 4 is 17.5 Å². The second-order valence-corrected chi connectivity index (χ2v) is 6.90. The Morgan fingerprint density at radius 2 is 1.79 bits per heavy atom. The number of hydrogen-bond donors (Lipinski definition) is 2. The highest BCUT2D eigenvalue weighted by Crippen LogP contribution is 2.31. The van der Waals surface area contributed by atoms with Gasteiger partial charge in [0.25, 0.3) is 0 Å². The zero-order valence-corrected chi connectivity index (χ0v) is 15.6. The Hall–Kier alpha value is -3.29. The molecule has 150 valence electrons. The molecule has 0 radical (unpaired) electrons. The number of benzene rings is 2. The van der Waals surface area contributed by atoms with E-state index in [1.165, 1.54) is 18.2 Å². The summed E-state index contributed by atoms with van der Waals surface area (Å²) in [6.45, 7) is 1.98. The minimum atomic E-state index is -4.75. The maximum absolute atomic E-state index is 12.6. The van der Waals surface area contributed by atoms with E-state index in [0.29, 0.717) is 29.1 Å². The smallest absolute Gasteiger partial charge is 0.406 e. The van der Waals surface area contributed by atoms with Gasteiger partial charge in [0.1, 0.15) is 11.6 Å². The second-order valence-electron chi connectivity index (χ2n) is 6.90. The van der Waals surface area contributed by atoms with Gasteiger partial charge in [-0.1, -0.05) is 30.3 Å². The van der Waals surface area contributed by atoms with Gasteiger partial charge in [0.05, 0.1) is 5.69 Å². The third kappa shape index (κ3) is 5.16. The van der Waals surface area contributed by atoms with E-state index < -0.39 is 6.36 Å². The number of nitrogens with one attached hydrogen (secondary N) is 2. The number of ether oxygens (including phenoxy) is 1. The molecule has 1 fully saturated rings. The van der Waals surface area contributed by atoms with Crippen LogP contribution in [-0.2, 0) is 0 Å². The molecule has 1 heterocycles. The van der Waals surface area contributed by atoms with Gasteiger partial charge < -0.3 is 15.4 Å². The molecular formula is C21H19F3N4O. The summed E-state index contributed by atoms with van der Waals surface area (Å²) in [5, 5.41) is 6.51. The van der Waals surface area contributed by atoms with E-state index in [1.54, 1.807) is 12.1 Å². The largest absolute Gasteiger partial charge is 0.573 e. The average Bonchev–Trinajstić information content (AvgIpc) is 3.46. The number of alkyl halides is 3. The highest BCUT2D eigenvalue weighted by molar-refractivity contribution is 5.69. The predicted octanol–water partition coefficient (Wildman–Crippen LogP) is 5.67. The topological polar surface area (TPSA) is 59.1 Å². The van der Waals surface area contributed by atoms with Crippen molar-refractivity contribution in [2.24, 2.45) is 0 Å². The molecule has 8 heteroatoms. The molecule has 1 aliphatic rings. The predicted molar refractivity (Wildman–Crippen MR) is 105 cm³/mol. The van der Waals surface area contributed by atoms with Gasteiger partial charge in [0.2, 0.25) is 5.95 Å². The lowest BCUT2D eigenvalue weighted by atomic mass is 10.1. The van der Waals surface area contributed by atoms with Crippen molar-refractivity contribution in [1.82, 2.24) is 9.97 Å². The lowest BCUT2D eigenvalue weighted by Crippen LogP contribution is -2.17. The number of hydrogen-bond acceptors (Lipinski definition) is 5. The van der Waals surface area contributed by atoms with Crippen LogP contribution in [0.5, 0.6) is 5.75 Å². The highest BCUT2D eigenvalue weighted by atomic mass is 19.4. The molecule has 3 aromatic rings. The highest BCUT2D eigenvalue weighted by Gasteiger charge is 2.31. The lowest BCUT2D eigenvalue weighted by molar-refractivity contribution is -0.274. The molecule has 0 saturated heterocycles. The Morgan fingerprint density at radius 3 is 2.52 bits per heavy atom. The van der Waals surface area contributed by atoms with Gasteiger partial charge in [-0.15, -0.1) is 13.2 Å². The van der Waals surface area contributed by atoms with Crippen LogP contribution in [0.15, 0.2) is 54.6 Å². The molecule has 1 saturated carbocycles. The van der Waals surface area contributed by atoms with Crippen molar-refractivity contribution in [1.29, 1.82) is 0 Å². The summed E-state index contributed by atoms with van der Waals surface area (Å²) in [6.07, 6.45) is -2.66. The molecule has 0 amide bonds. The van der Waals surface area contributed by atoms with Crippen molar-refractivity contribution < 1.29 is 17.9 Å². The zero-order chi connectivity index (χ0) is 20.4. The molecule has 2 aromatic carbocycles. The first-order valence-corrected chi connectivity index (χ1v) is 9.20. The molecule has 0 unspecified atom stereocenters. The van der Waals surface area contributed by atoms with E-state index >= 15 is 0 Å². The fraction of sp³-hybridized carbons (Fsp3) is 0.238. The second kappa shape index (κ2) is 7.62. The molecule has 2 N–H and O–H groups in total. The van der Waals surface area contributed by atoms with Crippen molar-refractivity contribution in [3.05, 3.63) is 60.2 Å². The third-order valence-electron chi connectivity index (χ3n) is 4.41. The number of aryl methyl sites for hydroxylation is 1. The van der Waals surface area contributed by atoms with Crippen molar-refractivity contribution in [3.8, 4) is 17.0 Å². The quantitative estimate of drug-likeness (QED) is 0.558. The van der Waals surface area contributed by atoms with Crippen LogP contribution in [0.2, 0.25) is 0 Å². The van der Waals surface area contributed by atoms with E-state index in [9.17, 15) is 13.2 Å². The molecule has 29 heavy (non-hydrogen) atoms. The zero-order valence-electron chi connectivity index (χ0n) is 15.6. The minimum Gasteiger partial charge on any atom is -0.406 e. The summed E-state index contributed by atoms with van der Waals surface area (Å²) in [5.74, 6) is 0.691. The van der Waals surface area contributed by atoms with Crippen LogP contribution < -0.4 is 15.4 Å². The molecule has 0 spiro atoms. The normalized spacial score (nSPS) is 13.8. The first-order valence-electron chi connectivity index (χ1n) is 9.20. The van der Waals surface area contributed by atoms with Gasteiger partial charge in [-0.3, -0.25) is 0 Å². The molecule has 0 aliphatic heterocycles. The van der Waals surface area contributed by atoms with Gasteiger partial charge in [0.15, 0.2) is 0 Å². The van der Waals surface area contributed by atoms with Crippen LogP contribution in [-0.4, -0.2) is 22.4 Å². The minimum absolute atomic E-state index is 0.293. The average molecular weight is 400 g/mol. The van der Waals surface area contributed by atoms with Crippen molar-refractivity contribution in [3.63, 3.8) is 0 Å². The van der Waals surface area contributed by atoms with Gasteiger partial charge in [0, 0.05) is 23.4 Å². The lowest BCUT2D eigenvalue weighted by Gasteiger charge is -2.13. The van der Waals surface area contributed by atoms with Gasteiger partial charge >= 0.3 is 6.36 Å². The molecule has 0 bridgehead atoms. The number of anilines is 3. The molecule has 5 nitrogen and oxygen atoms in total. The summed E-state index contributed by atoms with van der Waals surface area (Å²) in [7, 11) is 0. The Bertz CT molecular complexity index is 1020. The number of nitrogens with zero attached hydrogens (tertiary/aromatic N) is 2. The van der Waals surface area contributed by atoms with Gasteiger partial charge in [-0.2, -0.15) is 4.98 Å². The fourth-order valence-corrected chi connectivity index (χ4v) is 2.84. The monoisotopic (exact) mass is 400 g/mol. The van der Waals surface area contributed by atoms with Crippen LogP contribution in [0.1, 0.15) is 18.4 Å². The number of para-hydroxylation sites is 1. The van der Waals surface area contributed by atoms with Crippen LogP contribution >= 0.6 is 0 Å². The third-order valence-corrected chi connectivity index (χ3v) is 4.41. The Labute approximate surface area is 166 Å². The molecule has 0 atom stereocenters. The summed E-state index contributed by atoms with van der Waals surface area (Å²) in [6, 6.07) is 15.6. The van der Waals surface area contributed by atoms with Crippen molar-refractivity contribution in [2.45, 2.75) is 32.2 Å². The SMILES string of the molecule is Cc1ccccc1Nc1cc(-c2cccc(OC(F)(F)F)c2)nc(NC2CC2)n1. The summed E-state index contributed by atoms with van der Waals surface area (Å²) < 4.78 is 41.7. The molecule has 1 aliphatic carbocycles. The van der Waals surface area contributed by atoms with E-state index in [-0.39, 0.29) is 5.75 Å². The van der Waals surface area contributed by atoms with Crippen molar-refractivity contribution in [2.75, 3.05) is 10.6 Å². The van der Waals surface area contributed by atoms with Gasteiger partial charge in [-0.05, 0) is 43.5 Å². The Kier molecular flexibility index (Phi) is 5.00. The van der Waals surface area contributed by atoms with Crippen LogP contribution in [0.25, 0.3) is 11.3 Å². The standard InChI is InChI=1S/C21H19F3N4O/c1-13-5-2-3-8-17(13)26-19-12-18(27-20(28-19)25-15-9-10-15)14-6-4-7-16(11-14)29-21(22,23)24/h2-8,11-12,15H,9-10H2,1H3,(H2,25,26,27,28). The van der Waals surface area contributed by atoms with E-state index in [1.807, 2.05) is 31.2 Å². The fourth-order valence-electron chi connectivity index (χ4n) is 2.84. The number of aromatic nitrogens is 2. The maximum Gasteiger partial charge on any atom is 0.573 e. The molecular weight excluding hydrogens is 381 g/mol. The van der Waals surface area contributed by atoms with E-state index in [0.717, 1.165) is 24.1 Å². The van der Waals surface area contributed by atoms with Crippen LogP contribution in [0.3, 0.4) is 0 Å². The summed E-state index contributed by atoms with van der Waals surface area (Å²) in [5.41, 5.74) is 2.93. The summed E-state index contributed by atoms with van der Waals surface area (Å²) >= 11 is 0. The number of halogens is 3. The summed E-state index contributed by atoms with van der Waals surface area (Å²) in [4.78, 5) is 9.00. The van der Waals surface area contributed by atoms with Crippen LogP contribution in [0.4, 0.5) is 30.6 Å². The Balaban J connectivity index is 1.69. The van der Waals surface area contributed by atoms with Crippen LogP contribution in [0, 0.1) is 6.92 Å². The Morgan fingerprint density at radius 1 is 1.00 bits per heavy atom. The van der Waals surface area contributed by atoms with E-state index in [2.05, 4.69) is 25.3 Å². The van der Waals surface area contributed by atoms with E-state index in [4.69, 9.17) is 0 Å². The first-order chi connectivity index (χ1) is 13.9. The molecule has 4 rings (SSSR count). The first kappa shape index (κ1) is 19.0. The van der Waals surface area contributed by atoms with Gasteiger partial charge in [-0.25, -0.2) is 4.98 Å². The maximum atomic E-state index is 12.6. The molecule has 1 aromatic heterocycles. The number of rotatable bonds is 6.